The van der Waals surface area contributed by atoms with Crippen LogP contribution in [-0.2, 0) is 4.79 Å². The van der Waals surface area contributed by atoms with Crippen LogP contribution in [0, 0.1) is 5.82 Å². The highest BCUT2D eigenvalue weighted by Gasteiger charge is 2.34. The topological polar surface area (TPSA) is 98.7 Å². The third-order valence-corrected chi connectivity index (χ3v) is 3.23. The van der Waals surface area contributed by atoms with E-state index >= 15 is 0 Å². The molecule has 0 spiro atoms. The Hall–Kier alpha value is -2.64. The number of carbonyl (C=O) groups excluding carboxylic acids is 2. The lowest BCUT2D eigenvalue weighted by Crippen LogP contribution is -2.41. The van der Waals surface area contributed by atoms with E-state index in [1.54, 1.807) is 0 Å². The summed E-state index contributed by atoms with van der Waals surface area (Å²) in [5.74, 6) is -1.65. The molecule has 8 heteroatoms. The fraction of sp³-hybridized carbons (Fsp3) is 0.308. The number of carboxylic acid groups (broad SMARTS) is 1. The Morgan fingerprint density at radius 2 is 2.14 bits per heavy atom. The van der Waals surface area contributed by atoms with Crippen LogP contribution in [0.1, 0.15) is 16.8 Å². The van der Waals surface area contributed by atoms with Gasteiger partial charge in [0.05, 0.1) is 5.69 Å². The monoisotopic (exact) mass is 295 g/mol. The van der Waals surface area contributed by atoms with E-state index in [1.807, 2.05) is 0 Å². The highest BCUT2D eigenvalue weighted by molar-refractivity contribution is 6.01. The second-order valence-electron chi connectivity index (χ2n) is 4.53. The number of hydrogen-bond acceptors (Lipinski definition) is 3. The largest absolute Gasteiger partial charge is 0.465 e. The van der Waals surface area contributed by atoms with Crippen LogP contribution in [0.5, 0.6) is 0 Å². The summed E-state index contributed by atoms with van der Waals surface area (Å²) in [7, 11) is 1.43. The lowest BCUT2D eigenvalue weighted by Gasteiger charge is -2.18. The first-order chi connectivity index (χ1) is 9.93. The Morgan fingerprint density at radius 3 is 2.71 bits per heavy atom. The van der Waals surface area contributed by atoms with Gasteiger partial charge in [-0.25, -0.2) is 9.18 Å². The van der Waals surface area contributed by atoms with Crippen molar-refractivity contribution in [1.82, 2.24) is 10.6 Å². The molecular weight excluding hydrogens is 281 g/mol. The molecule has 0 radical (unpaired) electrons. The number of anilines is 1. The summed E-state index contributed by atoms with van der Waals surface area (Å²) in [5, 5.41) is 13.1. The normalized spacial score (nSPS) is 17.7. The molecule has 1 fully saturated rings. The van der Waals surface area contributed by atoms with Gasteiger partial charge in [0.15, 0.2) is 0 Å². The zero-order chi connectivity index (χ0) is 15.6. The maximum atomic E-state index is 14.1. The summed E-state index contributed by atoms with van der Waals surface area (Å²) in [4.78, 5) is 35.2. The van der Waals surface area contributed by atoms with Gasteiger partial charge in [-0.1, -0.05) is 0 Å². The van der Waals surface area contributed by atoms with E-state index in [1.165, 1.54) is 24.1 Å². The molecular formula is C13H14FN3O4. The molecule has 7 nitrogen and oxygen atoms in total. The smallest absolute Gasteiger partial charge is 0.405 e. The number of halogens is 1. The van der Waals surface area contributed by atoms with Crippen molar-refractivity contribution in [3.63, 3.8) is 0 Å². The number of rotatable bonds is 3. The minimum atomic E-state index is -1.30. The molecule has 0 unspecified atom stereocenters. The molecule has 1 atom stereocenters. The number of benzene rings is 1. The van der Waals surface area contributed by atoms with Crippen molar-refractivity contribution in [3.05, 3.63) is 29.6 Å². The summed E-state index contributed by atoms with van der Waals surface area (Å²) in [6.07, 6.45) is -1.03. The summed E-state index contributed by atoms with van der Waals surface area (Å²) in [6.45, 7) is 0.208. The van der Waals surface area contributed by atoms with Crippen molar-refractivity contribution in [2.75, 3.05) is 18.5 Å². The van der Waals surface area contributed by atoms with Gasteiger partial charge in [0.2, 0.25) is 5.91 Å². The SMILES string of the molecule is CNC(=O)c1ccc(N2CC[C@H](NC(=O)O)C2=O)c(F)c1. The molecule has 3 N–H and O–H groups in total. The van der Waals surface area contributed by atoms with Gasteiger partial charge >= 0.3 is 6.09 Å². The summed E-state index contributed by atoms with van der Waals surface area (Å²) in [6, 6.07) is 2.91. The highest BCUT2D eigenvalue weighted by atomic mass is 19.1. The summed E-state index contributed by atoms with van der Waals surface area (Å²) < 4.78 is 14.1. The van der Waals surface area contributed by atoms with E-state index in [9.17, 15) is 18.8 Å². The molecule has 0 saturated carbocycles. The molecule has 0 aromatic heterocycles. The minimum absolute atomic E-state index is 0.0299. The Labute approximate surface area is 119 Å². The Morgan fingerprint density at radius 1 is 1.43 bits per heavy atom. The van der Waals surface area contributed by atoms with E-state index < -0.39 is 29.8 Å². The third kappa shape index (κ3) is 2.93. The lowest BCUT2D eigenvalue weighted by atomic mass is 10.1. The van der Waals surface area contributed by atoms with E-state index in [0.29, 0.717) is 0 Å². The van der Waals surface area contributed by atoms with Crippen molar-refractivity contribution in [3.8, 4) is 0 Å². The van der Waals surface area contributed by atoms with Gasteiger partial charge in [0, 0.05) is 19.2 Å². The zero-order valence-electron chi connectivity index (χ0n) is 11.2. The molecule has 0 aliphatic carbocycles. The molecule has 21 heavy (non-hydrogen) atoms. The highest BCUT2D eigenvalue weighted by Crippen LogP contribution is 2.25. The van der Waals surface area contributed by atoms with Crippen LogP contribution in [0.15, 0.2) is 18.2 Å². The average molecular weight is 295 g/mol. The molecule has 1 heterocycles. The van der Waals surface area contributed by atoms with Crippen molar-refractivity contribution in [1.29, 1.82) is 0 Å². The van der Waals surface area contributed by atoms with Crippen LogP contribution in [0.4, 0.5) is 14.9 Å². The third-order valence-electron chi connectivity index (χ3n) is 3.23. The van der Waals surface area contributed by atoms with E-state index in [2.05, 4.69) is 10.6 Å². The predicted molar refractivity (Wildman–Crippen MR) is 71.7 cm³/mol. The standard InChI is InChI=1S/C13H14FN3O4/c1-15-11(18)7-2-3-10(8(14)6-7)17-5-4-9(12(17)19)16-13(20)21/h2-3,6,9,16H,4-5H2,1H3,(H,15,18)(H,20,21)/t9-/m0/s1. The van der Waals surface area contributed by atoms with Gasteiger partial charge in [-0.3, -0.25) is 9.59 Å². The first-order valence-electron chi connectivity index (χ1n) is 6.26. The second kappa shape index (κ2) is 5.78. The minimum Gasteiger partial charge on any atom is -0.465 e. The first kappa shape index (κ1) is 14.8. The fourth-order valence-electron chi connectivity index (χ4n) is 2.21. The van der Waals surface area contributed by atoms with Crippen molar-refractivity contribution < 1.29 is 23.9 Å². The van der Waals surface area contributed by atoms with E-state index in [0.717, 1.165) is 6.07 Å². The molecule has 2 rings (SSSR count). The van der Waals surface area contributed by atoms with Gasteiger partial charge in [-0.05, 0) is 24.6 Å². The molecule has 1 saturated heterocycles. The molecule has 1 aromatic rings. The van der Waals surface area contributed by atoms with Crippen LogP contribution >= 0.6 is 0 Å². The van der Waals surface area contributed by atoms with Crippen LogP contribution in [0.2, 0.25) is 0 Å². The average Bonchev–Trinajstić information content (AvgIpc) is 2.78. The molecule has 1 aliphatic heterocycles. The Kier molecular flexibility index (Phi) is 4.06. The fourth-order valence-corrected chi connectivity index (χ4v) is 2.21. The maximum Gasteiger partial charge on any atom is 0.405 e. The van der Waals surface area contributed by atoms with Gasteiger partial charge < -0.3 is 20.6 Å². The number of carbonyl (C=O) groups is 3. The van der Waals surface area contributed by atoms with Crippen LogP contribution in [-0.4, -0.2) is 42.6 Å². The predicted octanol–water partition coefficient (Wildman–Crippen LogP) is 0.558. The van der Waals surface area contributed by atoms with Crippen LogP contribution < -0.4 is 15.5 Å². The first-order valence-corrected chi connectivity index (χ1v) is 6.26. The number of amides is 3. The van der Waals surface area contributed by atoms with E-state index in [4.69, 9.17) is 5.11 Å². The molecule has 3 amide bonds. The zero-order valence-corrected chi connectivity index (χ0v) is 11.2. The molecule has 112 valence electrons. The van der Waals surface area contributed by atoms with Crippen molar-refractivity contribution >= 4 is 23.6 Å². The van der Waals surface area contributed by atoms with Crippen LogP contribution in [0.25, 0.3) is 0 Å². The number of nitrogens with zero attached hydrogens (tertiary/aromatic N) is 1. The number of nitrogens with one attached hydrogen (secondary N) is 2. The summed E-state index contributed by atoms with van der Waals surface area (Å²) in [5.41, 5.74) is 0.174. The Bertz CT molecular complexity index is 605. The molecule has 1 aromatic carbocycles. The molecule has 1 aliphatic rings. The van der Waals surface area contributed by atoms with Gasteiger partial charge in [0.1, 0.15) is 11.9 Å². The summed E-state index contributed by atoms with van der Waals surface area (Å²) >= 11 is 0. The van der Waals surface area contributed by atoms with Gasteiger partial charge in [-0.15, -0.1) is 0 Å². The van der Waals surface area contributed by atoms with Crippen LogP contribution in [0.3, 0.4) is 0 Å². The quantitative estimate of drug-likeness (QED) is 0.758. The van der Waals surface area contributed by atoms with Crippen molar-refractivity contribution in [2.45, 2.75) is 12.5 Å². The lowest BCUT2D eigenvalue weighted by molar-refractivity contribution is -0.118. The Balaban J connectivity index is 2.21. The maximum absolute atomic E-state index is 14.1. The van der Waals surface area contributed by atoms with Crippen molar-refractivity contribution in [2.24, 2.45) is 0 Å². The van der Waals surface area contributed by atoms with E-state index in [-0.39, 0.29) is 24.2 Å². The number of hydrogen-bond donors (Lipinski definition) is 3. The molecule has 0 bridgehead atoms. The second-order valence-corrected chi connectivity index (χ2v) is 4.53. The van der Waals surface area contributed by atoms with Gasteiger partial charge in [0.25, 0.3) is 5.91 Å². The van der Waals surface area contributed by atoms with Gasteiger partial charge in [-0.2, -0.15) is 0 Å².